The van der Waals surface area contributed by atoms with Crippen LogP contribution in [0, 0.1) is 0 Å². The molecule has 0 saturated carbocycles. The van der Waals surface area contributed by atoms with Crippen molar-refractivity contribution in [2.24, 2.45) is 0 Å². The third-order valence-corrected chi connectivity index (χ3v) is 6.04. The van der Waals surface area contributed by atoms with Crippen molar-refractivity contribution in [2.75, 3.05) is 13.2 Å². The van der Waals surface area contributed by atoms with Gasteiger partial charge in [0, 0.05) is 5.56 Å². The molecular formula is C27H20F3NO2. The fourth-order valence-corrected chi connectivity index (χ4v) is 4.18. The average Bonchev–Trinajstić information content (AvgIpc) is 2.80. The maximum absolute atomic E-state index is 13.1. The van der Waals surface area contributed by atoms with E-state index in [1.54, 1.807) is 12.1 Å². The molecule has 1 aliphatic rings. The van der Waals surface area contributed by atoms with Crippen LogP contribution in [-0.4, -0.2) is 19.1 Å². The number of carbonyl (C=O) groups is 1. The van der Waals surface area contributed by atoms with Crippen molar-refractivity contribution in [3.8, 4) is 11.1 Å². The van der Waals surface area contributed by atoms with Crippen LogP contribution in [0.4, 0.5) is 13.2 Å². The van der Waals surface area contributed by atoms with Crippen LogP contribution >= 0.6 is 0 Å². The second-order valence-corrected chi connectivity index (χ2v) is 8.21. The fourth-order valence-electron chi connectivity index (χ4n) is 4.18. The predicted octanol–water partition coefficient (Wildman–Crippen LogP) is 6.18. The molecule has 33 heavy (non-hydrogen) atoms. The molecule has 1 saturated heterocycles. The minimum atomic E-state index is -4.37. The molecule has 1 heterocycles. The summed E-state index contributed by atoms with van der Waals surface area (Å²) in [5.74, 6) is -0.205. The zero-order chi connectivity index (χ0) is 23.1. The summed E-state index contributed by atoms with van der Waals surface area (Å²) in [5, 5.41) is 4.82. The number of hydrogen-bond donors (Lipinski definition) is 1. The molecule has 1 N–H and O–H groups in total. The molecule has 166 valence electrons. The first kappa shape index (κ1) is 21.2. The summed E-state index contributed by atoms with van der Waals surface area (Å²) in [6.45, 7) is 0.822. The maximum atomic E-state index is 13.1. The highest BCUT2D eigenvalue weighted by atomic mass is 19.4. The normalized spacial score (nSPS) is 15.1. The third-order valence-electron chi connectivity index (χ3n) is 6.04. The van der Waals surface area contributed by atoms with E-state index >= 15 is 0 Å². The molecule has 4 aromatic rings. The van der Waals surface area contributed by atoms with Crippen LogP contribution in [0.25, 0.3) is 21.9 Å². The molecule has 1 aliphatic heterocycles. The Hall–Kier alpha value is -3.64. The molecule has 3 nitrogen and oxygen atoms in total. The minimum absolute atomic E-state index is 0.205. The Labute approximate surface area is 188 Å². The fraction of sp³-hybridized carbons (Fsp3) is 0.148. The molecule has 0 bridgehead atoms. The second-order valence-electron chi connectivity index (χ2n) is 8.21. The van der Waals surface area contributed by atoms with Crippen molar-refractivity contribution in [2.45, 2.75) is 11.7 Å². The molecule has 5 rings (SSSR count). The highest BCUT2D eigenvalue weighted by Crippen LogP contribution is 2.34. The summed E-state index contributed by atoms with van der Waals surface area (Å²) in [4.78, 5) is 13.1. The lowest BCUT2D eigenvalue weighted by atomic mass is 9.87. The first-order chi connectivity index (χ1) is 15.9. The van der Waals surface area contributed by atoms with Gasteiger partial charge in [-0.15, -0.1) is 0 Å². The first-order valence-electron chi connectivity index (χ1n) is 10.5. The molecule has 0 spiro atoms. The van der Waals surface area contributed by atoms with Gasteiger partial charge in [-0.1, -0.05) is 66.7 Å². The quantitative estimate of drug-likeness (QED) is 0.406. The van der Waals surface area contributed by atoms with Gasteiger partial charge < -0.3 is 10.1 Å². The van der Waals surface area contributed by atoms with E-state index in [-0.39, 0.29) is 5.91 Å². The number of rotatable bonds is 4. The number of carbonyl (C=O) groups excluding carboxylic acids is 1. The van der Waals surface area contributed by atoms with Gasteiger partial charge in [0.05, 0.1) is 18.8 Å². The molecule has 4 aromatic carbocycles. The number of hydrogen-bond acceptors (Lipinski definition) is 2. The predicted molar refractivity (Wildman–Crippen MR) is 121 cm³/mol. The Bertz CT molecular complexity index is 1310. The van der Waals surface area contributed by atoms with E-state index in [4.69, 9.17) is 4.74 Å². The van der Waals surface area contributed by atoms with Gasteiger partial charge in [-0.2, -0.15) is 13.2 Å². The van der Waals surface area contributed by atoms with Gasteiger partial charge in [0.15, 0.2) is 0 Å². The molecular weight excluding hydrogens is 427 g/mol. The number of alkyl halides is 3. The number of nitrogens with one attached hydrogen (secondary N) is 1. The van der Waals surface area contributed by atoms with E-state index in [0.29, 0.717) is 24.3 Å². The summed E-state index contributed by atoms with van der Waals surface area (Å²) in [6, 6.07) is 25.8. The van der Waals surface area contributed by atoms with E-state index in [9.17, 15) is 18.0 Å². The Morgan fingerprint density at radius 1 is 0.848 bits per heavy atom. The van der Waals surface area contributed by atoms with Gasteiger partial charge in [0.1, 0.15) is 5.54 Å². The Kier molecular flexibility index (Phi) is 5.17. The Morgan fingerprint density at radius 3 is 2.21 bits per heavy atom. The number of amides is 1. The van der Waals surface area contributed by atoms with Crippen molar-refractivity contribution >= 4 is 16.7 Å². The largest absolute Gasteiger partial charge is 0.416 e. The van der Waals surface area contributed by atoms with E-state index in [2.05, 4.69) is 5.32 Å². The standard InChI is InChI=1S/C27H20F3NO2/c28-27(29,30)22-12-9-18(10-13-22)23-8-4-5-19-15-20(11-14-24(19)23)25(32)31-26(16-33-17-26)21-6-2-1-3-7-21/h1-15H,16-17H2,(H,31,32). The lowest BCUT2D eigenvalue weighted by molar-refractivity contribution is -0.137. The van der Waals surface area contributed by atoms with Gasteiger partial charge in [-0.05, 0) is 51.7 Å². The van der Waals surface area contributed by atoms with Gasteiger partial charge in [0.2, 0.25) is 0 Å². The van der Waals surface area contributed by atoms with Crippen molar-refractivity contribution < 1.29 is 22.7 Å². The van der Waals surface area contributed by atoms with Gasteiger partial charge >= 0.3 is 6.18 Å². The topological polar surface area (TPSA) is 38.3 Å². The van der Waals surface area contributed by atoms with Crippen molar-refractivity contribution in [1.82, 2.24) is 5.32 Å². The Morgan fingerprint density at radius 2 is 1.58 bits per heavy atom. The molecule has 0 aliphatic carbocycles. The maximum Gasteiger partial charge on any atom is 0.416 e. The van der Waals surface area contributed by atoms with Crippen molar-refractivity contribution in [3.05, 3.63) is 108 Å². The average molecular weight is 447 g/mol. The van der Waals surface area contributed by atoms with E-state index < -0.39 is 17.3 Å². The number of halogens is 3. The van der Waals surface area contributed by atoms with E-state index in [1.807, 2.05) is 54.6 Å². The Balaban J connectivity index is 1.44. The molecule has 6 heteroatoms. The molecule has 1 amide bonds. The molecule has 0 atom stereocenters. The van der Waals surface area contributed by atoms with Gasteiger partial charge in [-0.25, -0.2) is 0 Å². The first-order valence-corrected chi connectivity index (χ1v) is 10.5. The van der Waals surface area contributed by atoms with Crippen LogP contribution < -0.4 is 5.32 Å². The lowest BCUT2D eigenvalue weighted by Gasteiger charge is -2.42. The van der Waals surface area contributed by atoms with E-state index in [1.165, 1.54) is 12.1 Å². The monoisotopic (exact) mass is 447 g/mol. The summed E-state index contributed by atoms with van der Waals surface area (Å²) >= 11 is 0. The second kappa shape index (κ2) is 8.05. The molecule has 0 radical (unpaired) electrons. The van der Waals surface area contributed by atoms with Gasteiger partial charge in [0.25, 0.3) is 5.91 Å². The van der Waals surface area contributed by atoms with Crippen LogP contribution in [0.1, 0.15) is 21.5 Å². The number of fused-ring (bicyclic) bond motifs is 1. The SMILES string of the molecule is O=C(NC1(c2ccccc2)COC1)c1ccc2c(-c3ccc(C(F)(F)F)cc3)cccc2c1. The van der Waals surface area contributed by atoms with Crippen LogP contribution in [-0.2, 0) is 16.5 Å². The number of benzene rings is 4. The highest BCUT2D eigenvalue weighted by molar-refractivity contribution is 6.03. The van der Waals surface area contributed by atoms with Crippen LogP contribution in [0.3, 0.4) is 0 Å². The van der Waals surface area contributed by atoms with Gasteiger partial charge in [-0.3, -0.25) is 4.79 Å². The smallest absolute Gasteiger partial charge is 0.376 e. The molecule has 1 fully saturated rings. The molecule has 0 aromatic heterocycles. The zero-order valence-corrected chi connectivity index (χ0v) is 17.5. The van der Waals surface area contributed by atoms with E-state index in [0.717, 1.165) is 34.0 Å². The zero-order valence-electron chi connectivity index (χ0n) is 17.5. The van der Waals surface area contributed by atoms with Crippen LogP contribution in [0.2, 0.25) is 0 Å². The highest BCUT2D eigenvalue weighted by Gasteiger charge is 2.41. The summed E-state index contributed by atoms with van der Waals surface area (Å²) < 4.78 is 44.1. The van der Waals surface area contributed by atoms with Crippen molar-refractivity contribution in [3.63, 3.8) is 0 Å². The molecule has 0 unspecified atom stereocenters. The van der Waals surface area contributed by atoms with Crippen molar-refractivity contribution in [1.29, 1.82) is 0 Å². The number of ether oxygens (including phenoxy) is 1. The van der Waals surface area contributed by atoms with Crippen LogP contribution in [0.15, 0.2) is 91.0 Å². The summed E-state index contributed by atoms with van der Waals surface area (Å²) in [5.41, 5.74) is 1.76. The minimum Gasteiger partial charge on any atom is -0.376 e. The summed E-state index contributed by atoms with van der Waals surface area (Å²) in [6.07, 6.45) is -4.37. The lowest BCUT2D eigenvalue weighted by Crippen LogP contribution is -2.59. The van der Waals surface area contributed by atoms with Crippen LogP contribution in [0.5, 0.6) is 0 Å². The third kappa shape index (κ3) is 3.98. The summed E-state index contributed by atoms with van der Waals surface area (Å²) in [7, 11) is 0.